The second-order valence-electron chi connectivity index (χ2n) is 10.1. The predicted molar refractivity (Wildman–Crippen MR) is 135 cm³/mol. The molecule has 0 amide bonds. The quantitative estimate of drug-likeness (QED) is 0.181. The first kappa shape index (κ1) is 22.2. The summed E-state index contributed by atoms with van der Waals surface area (Å²) in [5.74, 6) is 1.12. The van der Waals surface area contributed by atoms with Gasteiger partial charge in [0.05, 0.1) is 43.0 Å². The van der Waals surface area contributed by atoms with Gasteiger partial charge in [0.2, 0.25) is 0 Å². The van der Waals surface area contributed by atoms with Crippen LogP contribution < -0.4 is 9.30 Å². The Morgan fingerprint density at radius 3 is 2.40 bits per heavy atom. The third-order valence-corrected chi connectivity index (χ3v) is 8.14. The number of aromatic nitrogens is 1. The molecule has 2 bridgehead atoms. The highest BCUT2D eigenvalue weighted by molar-refractivity contribution is 5.58. The zero-order valence-corrected chi connectivity index (χ0v) is 20.5. The highest BCUT2D eigenvalue weighted by Gasteiger charge is 2.61. The van der Waals surface area contributed by atoms with E-state index in [-0.39, 0.29) is 17.4 Å². The lowest BCUT2D eigenvalue weighted by Gasteiger charge is -2.48. The van der Waals surface area contributed by atoms with Crippen LogP contribution in [0.2, 0.25) is 0 Å². The van der Waals surface area contributed by atoms with Crippen molar-refractivity contribution < 1.29 is 18.1 Å². The van der Waals surface area contributed by atoms with Crippen molar-refractivity contribution in [1.29, 1.82) is 0 Å². The van der Waals surface area contributed by atoms with Gasteiger partial charge in [-0.3, -0.25) is 0 Å². The summed E-state index contributed by atoms with van der Waals surface area (Å²) in [5.41, 5.74) is 6.12. The minimum Gasteiger partial charge on any atom is -0.493 e. The topological polar surface area (TPSA) is 39.4 Å². The Morgan fingerprint density at radius 1 is 0.886 bits per heavy atom. The van der Waals surface area contributed by atoms with Crippen molar-refractivity contribution in [2.75, 3.05) is 6.61 Å². The van der Waals surface area contributed by atoms with Crippen molar-refractivity contribution in [2.45, 2.75) is 69.2 Å². The molecule has 0 unspecified atom stereocenters. The number of pyridine rings is 1. The van der Waals surface area contributed by atoms with E-state index in [0.717, 1.165) is 25.2 Å². The summed E-state index contributed by atoms with van der Waals surface area (Å²) in [6.07, 6.45) is 18.2. The van der Waals surface area contributed by atoms with Crippen LogP contribution in [-0.2, 0) is 5.41 Å². The Labute approximate surface area is 207 Å². The van der Waals surface area contributed by atoms with Crippen LogP contribution in [0.25, 0.3) is 0 Å². The summed E-state index contributed by atoms with van der Waals surface area (Å²) in [6, 6.07) is 17.7. The number of hydrogen-bond donors (Lipinski definition) is 0. The number of fused-ring (bicyclic) bond motifs is 1. The fourth-order valence-electron chi connectivity index (χ4n) is 6.55. The van der Waals surface area contributed by atoms with E-state index < -0.39 is 0 Å². The van der Waals surface area contributed by atoms with E-state index in [4.69, 9.17) is 13.6 Å². The first-order valence-electron chi connectivity index (χ1n) is 13.2. The van der Waals surface area contributed by atoms with Gasteiger partial charge in [-0.05, 0) is 24.6 Å². The van der Waals surface area contributed by atoms with Crippen molar-refractivity contribution in [3.8, 4) is 5.75 Å². The number of benzene rings is 1. The van der Waals surface area contributed by atoms with Gasteiger partial charge in [0.25, 0.3) is 0 Å². The Hall–Kier alpha value is -3.27. The number of furan rings is 2. The largest absolute Gasteiger partial charge is 0.493 e. The van der Waals surface area contributed by atoms with E-state index in [9.17, 15) is 0 Å². The molecule has 3 aromatic heterocycles. The molecule has 180 valence electrons. The normalized spacial score (nSPS) is 19.3. The molecule has 4 aromatic rings. The van der Waals surface area contributed by atoms with Gasteiger partial charge in [-0.25, -0.2) is 0 Å². The van der Waals surface area contributed by atoms with E-state index in [0.29, 0.717) is 0 Å². The highest BCUT2D eigenvalue weighted by atomic mass is 16.5. The van der Waals surface area contributed by atoms with Crippen molar-refractivity contribution in [3.63, 3.8) is 0 Å². The Bertz CT molecular complexity index is 1220. The van der Waals surface area contributed by atoms with Crippen LogP contribution in [-0.4, -0.2) is 6.61 Å². The van der Waals surface area contributed by atoms with Gasteiger partial charge in [-0.2, -0.15) is 4.57 Å². The van der Waals surface area contributed by atoms with Crippen LogP contribution >= 0.6 is 0 Å². The number of hydrogen-bond acceptors (Lipinski definition) is 3. The molecular weight excluding hydrogens is 434 g/mol. The lowest BCUT2D eigenvalue weighted by molar-refractivity contribution is -0.732. The zero-order chi connectivity index (χ0) is 23.7. The van der Waals surface area contributed by atoms with Gasteiger partial charge in [-0.1, -0.05) is 57.2 Å². The van der Waals surface area contributed by atoms with Crippen LogP contribution in [0, 0.1) is 0 Å². The van der Waals surface area contributed by atoms with Crippen molar-refractivity contribution in [3.05, 3.63) is 108 Å². The third kappa shape index (κ3) is 3.62. The lowest BCUT2D eigenvalue weighted by atomic mass is 9.54. The lowest BCUT2D eigenvalue weighted by Crippen LogP contribution is -2.60. The number of ether oxygens (including phenoxy) is 1. The molecule has 3 aliphatic rings. The molecule has 2 atom stereocenters. The monoisotopic (exact) mass is 468 g/mol. The molecule has 5 heterocycles. The van der Waals surface area contributed by atoms with Gasteiger partial charge >= 0.3 is 0 Å². The van der Waals surface area contributed by atoms with Gasteiger partial charge in [0.15, 0.2) is 17.9 Å². The molecule has 0 radical (unpaired) electrons. The van der Waals surface area contributed by atoms with E-state index in [1.807, 2.05) is 12.5 Å². The summed E-state index contributed by atoms with van der Waals surface area (Å²) in [6.45, 7) is 3.03. The highest BCUT2D eigenvalue weighted by Crippen LogP contribution is 2.61. The average Bonchev–Trinajstić information content (AvgIpc) is 3.64. The second-order valence-corrected chi connectivity index (χ2v) is 10.1. The maximum absolute atomic E-state index is 6.55. The molecule has 4 nitrogen and oxygen atoms in total. The van der Waals surface area contributed by atoms with Crippen molar-refractivity contribution >= 4 is 0 Å². The van der Waals surface area contributed by atoms with Crippen molar-refractivity contribution in [2.24, 2.45) is 0 Å². The summed E-state index contributed by atoms with van der Waals surface area (Å²) < 4.78 is 20.3. The molecule has 0 fully saturated rings. The van der Waals surface area contributed by atoms with Crippen LogP contribution in [0.3, 0.4) is 0 Å². The minimum absolute atomic E-state index is 0.0969. The van der Waals surface area contributed by atoms with Crippen molar-refractivity contribution in [1.82, 2.24) is 0 Å². The fraction of sp³-hybridized carbons (Fsp3) is 0.387. The number of nitrogens with zero attached hydrogens (tertiary/aromatic N) is 1. The average molecular weight is 469 g/mol. The Kier molecular flexibility index (Phi) is 5.97. The summed E-state index contributed by atoms with van der Waals surface area (Å²) in [5, 5.41) is 0. The van der Waals surface area contributed by atoms with Crippen LogP contribution in [0.5, 0.6) is 5.75 Å². The molecule has 35 heavy (non-hydrogen) atoms. The Morgan fingerprint density at radius 2 is 1.66 bits per heavy atom. The number of rotatable bonds is 10. The maximum atomic E-state index is 6.55. The molecule has 0 spiro atoms. The standard InChI is InChI=1S/C31H34NO3/c1-2-3-4-5-6-9-17-35-28-13-10-11-25-27-20-31(23-14-18-33-21-23,24-15-19-34-22-24)30(29(25)28)26-12-7-8-16-32(26)27/h7-8,10-16,18-19,21-22,27,30H,2-6,9,17,20H2,1H3/q+1/t27-,30-/m1/s1. The zero-order valence-electron chi connectivity index (χ0n) is 20.5. The van der Waals surface area contributed by atoms with Crippen LogP contribution in [0.4, 0.5) is 0 Å². The molecular formula is C31H34NO3+. The van der Waals surface area contributed by atoms with Gasteiger partial charge < -0.3 is 13.6 Å². The van der Waals surface area contributed by atoms with Crippen LogP contribution in [0.1, 0.15) is 91.8 Å². The SMILES string of the molecule is CCCCCCCCOc1cccc2c1[C@H]1c3cccc[n+]3[C@@H]2CC1(c1ccoc1)c1ccoc1. The van der Waals surface area contributed by atoms with Gasteiger partial charge in [-0.15, -0.1) is 0 Å². The molecule has 2 aliphatic heterocycles. The first-order valence-corrected chi connectivity index (χ1v) is 13.2. The van der Waals surface area contributed by atoms with E-state index >= 15 is 0 Å². The molecule has 0 saturated heterocycles. The smallest absolute Gasteiger partial charge is 0.190 e. The predicted octanol–water partition coefficient (Wildman–Crippen LogP) is 7.32. The molecule has 7 rings (SSSR count). The summed E-state index contributed by atoms with van der Waals surface area (Å²) in [4.78, 5) is 0. The first-order chi connectivity index (χ1) is 17.3. The van der Waals surface area contributed by atoms with E-state index in [1.54, 1.807) is 12.5 Å². The number of unbranched alkanes of at least 4 members (excludes halogenated alkanes) is 5. The molecule has 4 heteroatoms. The molecule has 0 N–H and O–H groups in total. The molecule has 1 aromatic carbocycles. The maximum Gasteiger partial charge on any atom is 0.190 e. The molecule has 0 saturated carbocycles. The van der Waals surface area contributed by atoms with Gasteiger partial charge in [0, 0.05) is 40.8 Å². The van der Waals surface area contributed by atoms with Crippen LogP contribution in [0.15, 0.2) is 88.6 Å². The van der Waals surface area contributed by atoms with E-state index in [2.05, 4.69) is 66.2 Å². The summed E-state index contributed by atoms with van der Waals surface area (Å²) in [7, 11) is 0. The fourth-order valence-corrected chi connectivity index (χ4v) is 6.55. The van der Waals surface area contributed by atoms with Gasteiger partial charge in [0.1, 0.15) is 5.75 Å². The van der Waals surface area contributed by atoms with E-state index in [1.165, 1.54) is 60.1 Å². The second kappa shape index (κ2) is 9.41. The molecule has 1 aliphatic carbocycles. The minimum atomic E-state index is -0.279. The summed E-state index contributed by atoms with van der Waals surface area (Å²) >= 11 is 0. The third-order valence-electron chi connectivity index (χ3n) is 8.14. The Balaban J connectivity index is 1.42.